The van der Waals surface area contributed by atoms with Crippen LogP contribution in [0, 0.1) is 27.7 Å². The van der Waals surface area contributed by atoms with E-state index in [4.69, 9.17) is 0 Å². The fourth-order valence-corrected chi connectivity index (χ4v) is 3.59. The number of hydrogen-bond acceptors (Lipinski definition) is 4. The lowest BCUT2D eigenvalue weighted by Gasteiger charge is -2.24. The van der Waals surface area contributed by atoms with Crippen molar-refractivity contribution in [1.29, 1.82) is 0 Å². The number of aryl methyl sites for hydroxylation is 2. The van der Waals surface area contributed by atoms with Crippen LogP contribution in [-0.2, 0) is 0 Å². The summed E-state index contributed by atoms with van der Waals surface area (Å²) in [6.45, 7) is 10.4. The Bertz CT molecular complexity index is 838. The van der Waals surface area contributed by atoms with Crippen LogP contribution in [0.25, 0.3) is 0 Å². The van der Waals surface area contributed by atoms with E-state index in [9.17, 15) is 9.59 Å². The molecule has 142 valence electrons. The summed E-state index contributed by atoms with van der Waals surface area (Å²) < 4.78 is 0. The Morgan fingerprint density at radius 1 is 0.852 bits per heavy atom. The van der Waals surface area contributed by atoms with Gasteiger partial charge in [-0.05, 0) is 56.4 Å². The smallest absolute Gasteiger partial charge is 0.274 e. The molecule has 0 unspecified atom stereocenters. The monoisotopic (exact) mass is 366 g/mol. The second-order valence-electron chi connectivity index (χ2n) is 7.16. The average Bonchev–Trinajstić information content (AvgIpc) is 2.93. The van der Waals surface area contributed by atoms with Crippen LogP contribution >= 0.6 is 0 Å². The van der Waals surface area contributed by atoms with Crippen LogP contribution in [0.2, 0.25) is 0 Å². The molecule has 6 nitrogen and oxygen atoms in total. The van der Waals surface area contributed by atoms with Gasteiger partial charge in [0.25, 0.3) is 11.8 Å². The summed E-state index contributed by atoms with van der Waals surface area (Å²) in [4.78, 5) is 37.6. The SMILES string of the molecule is Cc1cc(C)c(C)c(C(=O)N2CCCN(C(=O)c3cnccn3)CC2)c1C. The largest absolute Gasteiger partial charge is 0.337 e. The van der Waals surface area contributed by atoms with Crippen molar-refractivity contribution in [3.05, 3.63) is 58.2 Å². The highest BCUT2D eigenvalue weighted by Crippen LogP contribution is 2.23. The number of rotatable bonds is 2. The first-order chi connectivity index (χ1) is 12.9. The van der Waals surface area contributed by atoms with Crippen molar-refractivity contribution in [2.24, 2.45) is 0 Å². The summed E-state index contributed by atoms with van der Waals surface area (Å²) >= 11 is 0. The molecule has 1 fully saturated rings. The Kier molecular flexibility index (Phi) is 5.54. The molecule has 1 aliphatic rings. The Balaban J connectivity index is 1.77. The molecule has 0 atom stereocenters. The van der Waals surface area contributed by atoms with Gasteiger partial charge in [0.05, 0.1) is 6.20 Å². The van der Waals surface area contributed by atoms with E-state index in [1.807, 2.05) is 32.6 Å². The van der Waals surface area contributed by atoms with E-state index >= 15 is 0 Å². The molecule has 0 spiro atoms. The minimum Gasteiger partial charge on any atom is -0.337 e. The van der Waals surface area contributed by atoms with Gasteiger partial charge < -0.3 is 9.80 Å². The maximum absolute atomic E-state index is 13.2. The van der Waals surface area contributed by atoms with E-state index < -0.39 is 0 Å². The van der Waals surface area contributed by atoms with Crippen LogP contribution in [0.3, 0.4) is 0 Å². The number of hydrogen-bond donors (Lipinski definition) is 0. The van der Waals surface area contributed by atoms with Crippen LogP contribution < -0.4 is 0 Å². The number of nitrogens with zero attached hydrogens (tertiary/aromatic N) is 4. The van der Waals surface area contributed by atoms with Gasteiger partial charge in [-0.15, -0.1) is 0 Å². The zero-order valence-electron chi connectivity index (χ0n) is 16.5. The van der Waals surface area contributed by atoms with Crippen LogP contribution in [0.1, 0.15) is 49.5 Å². The van der Waals surface area contributed by atoms with Crippen molar-refractivity contribution < 1.29 is 9.59 Å². The summed E-state index contributed by atoms with van der Waals surface area (Å²) in [5.41, 5.74) is 5.51. The van der Waals surface area contributed by atoms with Crippen molar-refractivity contribution in [3.8, 4) is 0 Å². The van der Waals surface area contributed by atoms with Crippen molar-refractivity contribution in [2.45, 2.75) is 34.1 Å². The molecule has 0 aliphatic carbocycles. The number of benzene rings is 1. The number of aromatic nitrogens is 2. The molecule has 2 amide bonds. The molecule has 1 aliphatic heterocycles. The Morgan fingerprint density at radius 3 is 2.00 bits per heavy atom. The highest BCUT2D eigenvalue weighted by Gasteiger charge is 2.26. The van der Waals surface area contributed by atoms with Gasteiger partial charge in [-0.2, -0.15) is 0 Å². The predicted molar refractivity (Wildman–Crippen MR) is 104 cm³/mol. The van der Waals surface area contributed by atoms with E-state index in [2.05, 4.69) is 16.0 Å². The van der Waals surface area contributed by atoms with Gasteiger partial charge in [-0.1, -0.05) is 6.07 Å². The summed E-state index contributed by atoms with van der Waals surface area (Å²) in [6, 6.07) is 2.13. The third-order valence-electron chi connectivity index (χ3n) is 5.43. The highest BCUT2D eigenvalue weighted by molar-refractivity contribution is 5.98. The third kappa shape index (κ3) is 3.84. The normalized spacial score (nSPS) is 14.8. The Morgan fingerprint density at radius 2 is 1.44 bits per heavy atom. The molecule has 6 heteroatoms. The van der Waals surface area contributed by atoms with Gasteiger partial charge in [-0.3, -0.25) is 14.6 Å². The van der Waals surface area contributed by atoms with E-state index in [0.717, 1.165) is 34.2 Å². The van der Waals surface area contributed by atoms with Crippen molar-refractivity contribution in [1.82, 2.24) is 19.8 Å². The third-order valence-corrected chi connectivity index (χ3v) is 5.43. The van der Waals surface area contributed by atoms with E-state index in [-0.39, 0.29) is 11.8 Å². The van der Waals surface area contributed by atoms with Crippen molar-refractivity contribution in [2.75, 3.05) is 26.2 Å². The molecule has 0 saturated carbocycles. The summed E-state index contributed by atoms with van der Waals surface area (Å²) in [6.07, 6.45) is 5.31. The topological polar surface area (TPSA) is 66.4 Å². The molecule has 3 rings (SSSR count). The summed E-state index contributed by atoms with van der Waals surface area (Å²) in [5, 5.41) is 0. The first-order valence-corrected chi connectivity index (χ1v) is 9.32. The lowest BCUT2D eigenvalue weighted by molar-refractivity contribution is 0.0714. The molecule has 2 aromatic rings. The van der Waals surface area contributed by atoms with Crippen molar-refractivity contribution in [3.63, 3.8) is 0 Å². The molecule has 0 radical (unpaired) electrons. The standard InChI is InChI=1S/C21H26N4O2/c1-14-12-15(2)17(4)19(16(14)3)21(27)25-9-5-8-24(10-11-25)20(26)18-13-22-6-7-23-18/h6-7,12-13H,5,8-11H2,1-4H3. The molecule has 1 aromatic heterocycles. The van der Waals surface area contributed by atoms with Gasteiger partial charge in [0.1, 0.15) is 5.69 Å². The van der Waals surface area contributed by atoms with E-state index in [0.29, 0.717) is 31.9 Å². The summed E-state index contributed by atoms with van der Waals surface area (Å²) in [5.74, 6) is -0.0678. The van der Waals surface area contributed by atoms with Crippen LogP contribution in [0.5, 0.6) is 0 Å². The lowest BCUT2D eigenvalue weighted by Crippen LogP contribution is -2.38. The second-order valence-corrected chi connectivity index (χ2v) is 7.16. The van der Waals surface area contributed by atoms with Gasteiger partial charge in [0.15, 0.2) is 0 Å². The number of carbonyl (C=O) groups excluding carboxylic acids is 2. The zero-order valence-corrected chi connectivity index (χ0v) is 16.5. The van der Waals surface area contributed by atoms with Crippen molar-refractivity contribution >= 4 is 11.8 Å². The molecular weight excluding hydrogens is 340 g/mol. The number of carbonyl (C=O) groups is 2. The molecule has 2 heterocycles. The Labute approximate surface area is 160 Å². The van der Waals surface area contributed by atoms with Crippen LogP contribution in [-0.4, -0.2) is 57.8 Å². The van der Waals surface area contributed by atoms with Crippen LogP contribution in [0.4, 0.5) is 0 Å². The fourth-order valence-electron chi connectivity index (χ4n) is 3.59. The maximum atomic E-state index is 13.2. The first-order valence-electron chi connectivity index (χ1n) is 9.32. The first kappa shape index (κ1) is 19.0. The molecule has 27 heavy (non-hydrogen) atoms. The zero-order chi connectivity index (χ0) is 19.6. The molecule has 0 N–H and O–H groups in total. The second kappa shape index (κ2) is 7.86. The maximum Gasteiger partial charge on any atom is 0.274 e. The summed E-state index contributed by atoms with van der Waals surface area (Å²) in [7, 11) is 0. The van der Waals surface area contributed by atoms with Gasteiger partial charge >= 0.3 is 0 Å². The molecular formula is C21H26N4O2. The minimum atomic E-state index is -0.129. The van der Waals surface area contributed by atoms with E-state index in [1.54, 1.807) is 11.1 Å². The predicted octanol–water partition coefficient (Wildman–Crippen LogP) is 2.70. The van der Waals surface area contributed by atoms with Gasteiger partial charge in [-0.25, -0.2) is 4.98 Å². The van der Waals surface area contributed by atoms with E-state index in [1.165, 1.54) is 12.4 Å². The number of amides is 2. The van der Waals surface area contributed by atoms with Gasteiger partial charge in [0.2, 0.25) is 0 Å². The molecule has 1 saturated heterocycles. The van der Waals surface area contributed by atoms with Crippen LogP contribution in [0.15, 0.2) is 24.7 Å². The molecule has 0 bridgehead atoms. The quantitative estimate of drug-likeness (QED) is 0.820. The highest BCUT2D eigenvalue weighted by atomic mass is 16.2. The lowest BCUT2D eigenvalue weighted by atomic mass is 9.93. The Hall–Kier alpha value is -2.76. The molecule has 1 aromatic carbocycles. The fraction of sp³-hybridized carbons (Fsp3) is 0.429. The van der Waals surface area contributed by atoms with Gasteiger partial charge in [0, 0.05) is 44.1 Å². The average molecular weight is 366 g/mol. The minimum absolute atomic E-state index is 0.0607.